The molecule has 27 heavy (non-hydrogen) atoms. The topological polar surface area (TPSA) is 78.5 Å². The van der Waals surface area contributed by atoms with E-state index in [2.05, 4.69) is 10.6 Å². The number of nitrogens with one attached hydrogen (secondary N) is 2. The Morgan fingerprint density at radius 3 is 2.41 bits per heavy atom. The molecule has 7 heteroatoms. The van der Waals surface area contributed by atoms with E-state index in [1.54, 1.807) is 42.2 Å². The number of nitrogens with zero attached hydrogens (tertiary/aromatic N) is 1. The molecule has 2 N–H and O–H groups in total. The zero-order chi connectivity index (χ0) is 19.2. The summed E-state index contributed by atoms with van der Waals surface area (Å²) in [5, 5.41) is 7.53. The van der Waals surface area contributed by atoms with E-state index in [1.807, 2.05) is 11.4 Å². The highest BCUT2D eigenvalue weighted by atomic mass is 32.1. The first-order valence-corrected chi connectivity index (χ1v) is 10.0. The van der Waals surface area contributed by atoms with E-state index in [0.717, 1.165) is 12.8 Å². The molecule has 3 amide bonds. The molecule has 1 aliphatic heterocycles. The van der Waals surface area contributed by atoms with Gasteiger partial charge in [0.2, 0.25) is 11.8 Å². The molecule has 6 nitrogen and oxygen atoms in total. The van der Waals surface area contributed by atoms with Crippen molar-refractivity contribution in [2.24, 2.45) is 0 Å². The average Bonchev–Trinajstić information content (AvgIpc) is 3.23. The molecule has 1 saturated heterocycles. The predicted octanol–water partition coefficient (Wildman–Crippen LogP) is 3.73. The van der Waals surface area contributed by atoms with Crippen LogP contribution in [0.2, 0.25) is 0 Å². The predicted molar refractivity (Wildman–Crippen MR) is 107 cm³/mol. The van der Waals surface area contributed by atoms with Crippen LogP contribution < -0.4 is 10.6 Å². The molecule has 2 heterocycles. The minimum Gasteiger partial charge on any atom is -0.326 e. The van der Waals surface area contributed by atoms with Gasteiger partial charge < -0.3 is 15.5 Å². The molecule has 142 valence electrons. The summed E-state index contributed by atoms with van der Waals surface area (Å²) in [6.07, 6.45) is 2.91. The Labute approximate surface area is 162 Å². The van der Waals surface area contributed by atoms with Gasteiger partial charge in [0, 0.05) is 24.3 Å². The summed E-state index contributed by atoms with van der Waals surface area (Å²) < 4.78 is 0. The third kappa shape index (κ3) is 4.74. The average molecular weight is 385 g/mol. The summed E-state index contributed by atoms with van der Waals surface area (Å²) in [5.74, 6) is -0.316. The Bertz CT molecular complexity index is 802. The number of carbonyl (C=O) groups is 3. The minimum absolute atomic E-state index is 0.0586. The number of thiophene rings is 1. The fourth-order valence-electron chi connectivity index (χ4n) is 3.10. The third-order valence-corrected chi connectivity index (χ3v) is 5.41. The van der Waals surface area contributed by atoms with Gasteiger partial charge in [-0.05, 0) is 55.0 Å². The molecular formula is C20H23N3O3S. The van der Waals surface area contributed by atoms with Crippen molar-refractivity contribution in [3.05, 3.63) is 46.7 Å². The van der Waals surface area contributed by atoms with E-state index in [9.17, 15) is 14.4 Å². The van der Waals surface area contributed by atoms with E-state index in [4.69, 9.17) is 0 Å². The van der Waals surface area contributed by atoms with Gasteiger partial charge in [-0.1, -0.05) is 13.0 Å². The number of anilines is 2. The molecule has 1 fully saturated rings. The fraction of sp³-hybridized carbons (Fsp3) is 0.350. The number of hydrogen-bond acceptors (Lipinski definition) is 4. The molecule has 0 bridgehead atoms. The first-order valence-electron chi connectivity index (χ1n) is 9.13. The van der Waals surface area contributed by atoms with Crippen LogP contribution in [-0.4, -0.2) is 35.2 Å². The summed E-state index contributed by atoms with van der Waals surface area (Å²) in [6.45, 7) is 2.38. The van der Waals surface area contributed by atoms with Crippen LogP contribution in [0.1, 0.15) is 42.3 Å². The van der Waals surface area contributed by atoms with Crippen LogP contribution in [0.3, 0.4) is 0 Å². The first-order chi connectivity index (χ1) is 13.1. The van der Waals surface area contributed by atoms with Gasteiger partial charge in [-0.25, -0.2) is 0 Å². The van der Waals surface area contributed by atoms with Crippen LogP contribution in [-0.2, 0) is 9.59 Å². The van der Waals surface area contributed by atoms with Crippen molar-refractivity contribution in [2.75, 3.05) is 17.2 Å². The highest BCUT2D eigenvalue weighted by Crippen LogP contribution is 2.23. The van der Waals surface area contributed by atoms with Crippen LogP contribution >= 0.6 is 11.3 Å². The highest BCUT2D eigenvalue weighted by Gasteiger charge is 2.33. The molecule has 0 spiro atoms. The van der Waals surface area contributed by atoms with Gasteiger partial charge in [0.15, 0.2) is 0 Å². The Kier molecular flexibility index (Phi) is 6.24. The second-order valence-electron chi connectivity index (χ2n) is 6.46. The molecule has 2 aromatic rings. The molecule has 1 aromatic heterocycles. The second kappa shape index (κ2) is 8.81. The Hall–Kier alpha value is -2.67. The van der Waals surface area contributed by atoms with Crippen molar-refractivity contribution in [1.29, 1.82) is 0 Å². The summed E-state index contributed by atoms with van der Waals surface area (Å²) in [6, 6.07) is 10.2. The molecule has 3 rings (SSSR count). The van der Waals surface area contributed by atoms with Crippen LogP contribution in [0.4, 0.5) is 11.4 Å². The molecule has 0 saturated carbocycles. The van der Waals surface area contributed by atoms with Gasteiger partial charge in [0.05, 0.1) is 4.88 Å². The SMILES string of the molecule is CCC(=O)Nc1ccc(NC(=O)C2CCCCN2C(=O)c2cccs2)cc1. The lowest BCUT2D eigenvalue weighted by molar-refractivity contribution is -0.121. The maximum atomic E-state index is 12.8. The van der Waals surface area contributed by atoms with Crippen molar-refractivity contribution < 1.29 is 14.4 Å². The Balaban J connectivity index is 1.66. The van der Waals surface area contributed by atoms with Crippen LogP contribution in [0.25, 0.3) is 0 Å². The van der Waals surface area contributed by atoms with Crippen LogP contribution in [0.5, 0.6) is 0 Å². The maximum Gasteiger partial charge on any atom is 0.264 e. The van der Waals surface area contributed by atoms with Gasteiger partial charge in [-0.2, -0.15) is 0 Å². The standard InChI is InChI=1S/C20H23N3O3S/c1-2-18(24)21-14-8-10-15(11-9-14)22-19(25)16-6-3-4-12-23(16)20(26)17-7-5-13-27-17/h5,7-11,13,16H,2-4,6,12H2,1H3,(H,21,24)(H,22,25). The number of likely N-dealkylation sites (tertiary alicyclic amines) is 1. The van der Waals surface area contributed by atoms with Crippen molar-refractivity contribution in [3.63, 3.8) is 0 Å². The molecule has 1 aliphatic rings. The lowest BCUT2D eigenvalue weighted by atomic mass is 10.0. The van der Waals surface area contributed by atoms with Gasteiger partial charge in [-0.3, -0.25) is 14.4 Å². The van der Waals surface area contributed by atoms with Crippen molar-refractivity contribution >= 4 is 40.4 Å². The molecule has 1 unspecified atom stereocenters. The molecular weight excluding hydrogens is 362 g/mol. The van der Waals surface area contributed by atoms with E-state index in [-0.39, 0.29) is 17.7 Å². The third-order valence-electron chi connectivity index (χ3n) is 4.56. The van der Waals surface area contributed by atoms with Gasteiger partial charge in [0.1, 0.15) is 6.04 Å². The second-order valence-corrected chi connectivity index (χ2v) is 7.40. The Morgan fingerprint density at radius 2 is 1.78 bits per heavy atom. The molecule has 0 radical (unpaired) electrons. The van der Waals surface area contributed by atoms with E-state index >= 15 is 0 Å². The van der Waals surface area contributed by atoms with Gasteiger partial charge >= 0.3 is 0 Å². The number of benzene rings is 1. The van der Waals surface area contributed by atoms with Crippen LogP contribution in [0, 0.1) is 0 Å². The monoisotopic (exact) mass is 385 g/mol. The van der Waals surface area contributed by atoms with Crippen molar-refractivity contribution in [2.45, 2.75) is 38.6 Å². The van der Waals surface area contributed by atoms with Gasteiger partial charge in [0.25, 0.3) is 5.91 Å². The summed E-state index contributed by atoms with van der Waals surface area (Å²) in [7, 11) is 0. The minimum atomic E-state index is -0.465. The van der Waals surface area contributed by atoms with E-state index in [1.165, 1.54) is 11.3 Å². The van der Waals surface area contributed by atoms with Gasteiger partial charge in [-0.15, -0.1) is 11.3 Å². The van der Waals surface area contributed by atoms with Crippen LogP contribution in [0.15, 0.2) is 41.8 Å². The van der Waals surface area contributed by atoms with E-state index < -0.39 is 6.04 Å². The lowest BCUT2D eigenvalue weighted by Gasteiger charge is -2.34. The smallest absolute Gasteiger partial charge is 0.264 e. The van der Waals surface area contributed by atoms with Crippen molar-refractivity contribution in [3.8, 4) is 0 Å². The largest absolute Gasteiger partial charge is 0.326 e. The number of piperidine rings is 1. The maximum absolute atomic E-state index is 12.8. The Morgan fingerprint density at radius 1 is 1.07 bits per heavy atom. The zero-order valence-electron chi connectivity index (χ0n) is 15.2. The summed E-state index contributed by atoms with van der Waals surface area (Å²) >= 11 is 1.39. The number of rotatable bonds is 5. The molecule has 1 aromatic carbocycles. The number of amides is 3. The zero-order valence-corrected chi connectivity index (χ0v) is 16.1. The quantitative estimate of drug-likeness (QED) is 0.823. The summed E-state index contributed by atoms with van der Waals surface area (Å²) in [5.41, 5.74) is 1.33. The first kappa shape index (κ1) is 19.1. The summed E-state index contributed by atoms with van der Waals surface area (Å²) in [4.78, 5) is 39.3. The fourth-order valence-corrected chi connectivity index (χ4v) is 3.78. The van der Waals surface area contributed by atoms with Crippen molar-refractivity contribution in [1.82, 2.24) is 4.90 Å². The normalized spacial score (nSPS) is 16.6. The molecule has 1 atom stereocenters. The van der Waals surface area contributed by atoms with E-state index in [0.29, 0.717) is 35.6 Å². The number of carbonyl (C=O) groups excluding carboxylic acids is 3. The lowest BCUT2D eigenvalue weighted by Crippen LogP contribution is -2.49. The molecule has 0 aliphatic carbocycles. The highest BCUT2D eigenvalue weighted by molar-refractivity contribution is 7.12. The number of hydrogen-bond donors (Lipinski definition) is 2.